The topological polar surface area (TPSA) is 33.5 Å². The standard InChI is InChI=1S/C79H70N4O/c1-76(2,3)55-43-56(77(4,5)6)45-58(44-55)79(68-34-19-16-31-62(68)63-32-17-20-35-69(63)79)54-41-42-80-74(48-54)83-70-36-21-18-33-64(70)65-40-39-61(50-73(65)83)84-60-30-24-29-59(49-60)81-51-82(72-38-23-22-37-71(72)81)75-66(52-25-12-10-13-26-52)46-57(78(7,8)9)47-67(75)53-27-14-11-15-28-53/h10-50H,51H2,1-9H3. The fourth-order valence-corrected chi connectivity index (χ4v) is 13.3. The van der Waals surface area contributed by atoms with Gasteiger partial charge >= 0.3 is 0 Å². The van der Waals surface area contributed by atoms with E-state index in [2.05, 4.69) is 319 Å². The molecular weight excluding hydrogens is 1020 g/mol. The van der Waals surface area contributed by atoms with Gasteiger partial charge in [0.05, 0.1) is 33.5 Å². The van der Waals surface area contributed by atoms with Crippen molar-refractivity contribution in [1.29, 1.82) is 0 Å². The number of ether oxygens (including phenoxy) is 1. The molecule has 0 amide bonds. The Morgan fingerprint density at radius 3 is 1.54 bits per heavy atom. The van der Waals surface area contributed by atoms with Gasteiger partial charge in [-0.1, -0.05) is 226 Å². The molecule has 0 saturated carbocycles. The molecule has 10 aromatic carbocycles. The molecule has 5 nitrogen and oxygen atoms in total. The Labute approximate surface area is 495 Å². The summed E-state index contributed by atoms with van der Waals surface area (Å²) in [5, 5.41) is 2.29. The van der Waals surface area contributed by atoms with Crippen LogP contribution < -0.4 is 14.5 Å². The van der Waals surface area contributed by atoms with Crippen LogP contribution >= 0.6 is 0 Å². The lowest BCUT2D eigenvalue weighted by Gasteiger charge is -2.36. The lowest BCUT2D eigenvalue weighted by Crippen LogP contribution is -2.30. The molecule has 2 aromatic heterocycles. The van der Waals surface area contributed by atoms with Crippen molar-refractivity contribution in [2.24, 2.45) is 0 Å². The first-order chi connectivity index (χ1) is 40.5. The molecule has 0 atom stereocenters. The molecule has 0 bridgehead atoms. The van der Waals surface area contributed by atoms with Crippen molar-refractivity contribution in [2.45, 2.75) is 84.0 Å². The van der Waals surface area contributed by atoms with Gasteiger partial charge in [0.2, 0.25) is 0 Å². The van der Waals surface area contributed by atoms with Gasteiger partial charge in [-0.15, -0.1) is 0 Å². The third kappa shape index (κ3) is 8.79. The van der Waals surface area contributed by atoms with E-state index in [9.17, 15) is 0 Å². The lowest BCUT2D eigenvalue weighted by molar-refractivity contribution is 0.483. The molecule has 3 heterocycles. The largest absolute Gasteiger partial charge is 0.457 e. The van der Waals surface area contributed by atoms with E-state index < -0.39 is 5.41 Å². The summed E-state index contributed by atoms with van der Waals surface area (Å²) in [7, 11) is 0. The van der Waals surface area contributed by atoms with Crippen molar-refractivity contribution in [2.75, 3.05) is 16.5 Å². The molecule has 0 unspecified atom stereocenters. The Morgan fingerprint density at radius 1 is 0.393 bits per heavy atom. The van der Waals surface area contributed by atoms with Crippen molar-refractivity contribution in [3.63, 3.8) is 0 Å². The van der Waals surface area contributed by atoms with Crippen molar-refractivity contribution >= 4 is 44.6 Å². The summed E-state index contributed by atoms with van der Waals surface area (Å²) in [6.45, 7) is 21.5. The van der Waals surface area contributed by atoms with Crippen LogP contribution in [0.2, 0.25) is 0 Å². The monoisotopic (exact) mass is 1090 g/mol. The first-order valence-corrected chi connectivity index (χ1v) is 29.6. The quantitative estimate of drug-likeness (QED) is 0.144. The highest BCUT2D eigenvalue weighted by Gasteiger charge is 2.47. The minimum Gasteiger partial charge on any atom is -0.457 e. The molecule has 2 aliphatic rings. The number of rotatable bonds is 9. The predicted octanol–water partition coefficient (Wildman–Crippen LogP) is 20.8. The molecule has 0 fully saturated rings. The molecule has 412 valence electrons. The van der Waals surface area contributed by atoms with Gasteiger partial charge in [-0.3, -0.25) is 4.57 Å². The Kier molecular flexibility index (Phi) is 12.5. The van der Waals surface area contributed by atoms with Crippen LogP contribution in [0.1, 0.15) is 101 Å². The molecule has 12 aromatic rings. The molecule has 84 heavy (non-hydrogen) atoms. The second kappa shape index (κ2) is 19.9. The number of para-hydroxylation sites is 3. The average molecular weight is 1090 g/mol. The number of anilines is 4. The maximum atomic E-state index is 7.03. The van der Waals surface area contributed by atoms with Crippen LogP contribution in [0.15, 0.2) is 249 Å². The van der Waals surface area contributed by atoms with E-state index >= 15 is 0 Å². The highest BCUT2D eigenvalue weighted by atomic mass is 16.5. The van der Waals surface area contributed by atoms with Crippen molar-refractivity contribution in [1.82, 2.24) is 9.55 Å². The zero-order valence-corrected chi connectivity index (χ0v) is 49.6. The summed E-state index contributed by atoms with van der Waals surface area (Å²) in [6.07, 6.45) is 2.02. The zero-order valence-electron chi connectivity index (χ0n) is 49.6. The maximum absolute atomic E-state index is 7.03. The number of nitrogens with zero attached hydrogens (tertiary/aromatic N) is 4. The number of pyridine rings is 1. The van der Waals surface area contributed by atoms with Crippen LogP contribution in [0.3, 0.4) is 0 Å². The molecule has 14 rings (SSSR count). The SMILES string of the molecule is CC(C)(C)c1cc(C(C)(C)C)cc(C2(c3ccnc(-n4c5ccccc5c5ccc(Oc6cccc(N7CN(c8c(-c9ccccc9)cc(C(C)(C)C)cc8-c8ccccc8)c8ccccc87)c6)cc54)c3)c3ccccc3-c3ccccc32)c1. The van der Waals surface area contributed by atoms with Gasteiger partial charge in [-0.05, 0) is 144 Å². The second-order valence-electron chi connectivity index (χ2n) is 26.1. The third-order valence-electron chi connectivity index (χ3n) is 17.6. The summed E-state index contributed by atoms with van der Waals surface area (Å²) < 4.78 is 9.37. The Balaban J connectivity index is 0.875. The summed E-state index contributed by atoms with van der Waals surface area (Å²) >= 11 is 0. The maximum Gasteiger partial charge on any atom is 0.137 e. The van der Waals surface area contributed by atoms with Gasteiger partial charge in [-0.25, -0.2) is 4.98 Å². The van der Waals surface area contributed by atoms with Crippen LogP contribution in [-0.2, 0) is 21.7 Å². The van der Waals surface area contributed by atoms with Crippen molar-refractivity contribution in [3.8, 4) is 50.7 Å². The number of hydrogen-bond donors (Lipinski definition) is 0. The number of aromatic nitrogens is 2. The van der Waals surface area contributed by atoms with Crippen LogP contribution in [0.25, 0.3) is 61.0 Å². The van der Waals surface area contributed by atoms with E-state index in [4.69, 9.17) is 9.72 Å². The van der Waals surface area contributed by atoms with E-state index in [0.29, 0.717) is 6.67 Å². The molecule has 0 N–H and O–H groups in total. The summed E-state index contributed by atoms with van der Waals surface area (Å²) in [4.78, 5) is 10.2. The van der Waals surface area contributed by atoms with E-state index in [1.54, 1.807) is 0 Å². The minimum absolute atomic E-state index is 0.0693. The minimum atomic E-state index is -0.637. The van der Waals surface area contributed by atoms with E-state index in [1.165, 1.54) is 78.0 Å². The predicted molar refractivity (Wildman–Crippen MR) is 351 cm³/mol. The van der Waals surface area contributed by atoms with Crippen molar-refractivity contribution in [3.05, 3.63) is 288 Å². The van der Waals surface area contributed by atoms with E-state index in [1.807, 2.05) is 6.20 Å². The second-order valence-corrected chi connectivity index (χ2v) is 26.1. The van der Waals surface area contributed by atoms with E-state index in [-0.39, 0.29) is 16.2 Å². The van der Waals surface area contributed by atoms with Crippen LogP contribution in [0.4, 0.5) is 22.7 Å². The Bertz CT molecular complexity index is 4370. The Morgan fingerprint density at radius 2 is 0.917 bits per heavy atom. The van der Waals surface area contributed by atoms with Gasteiger partial charge in [0, 0.05) is 45.9 Å². The number of fused-ring (bicyclic) bond motifs is 7. The van der Waals surface area contributed by atoms with Crippen LogP contribution in [0.5, 0.6) is 11.5 Å². The average Bonchev–Trinajstić information content (AvgIpc) is 3.10. The Hall–Kier alpha value is -9.45. The molecule has 1 aliphatic carbocycles. The van der Waals surface area contributed by atoms with Gasteiger partial charge in [0.15, 0.2) is 0 Å². The van der Waals surface area contributed by atoms with Crippen molar-refractivity contribution < 1.29 is 4.74 Å². The summed E-state index contributed by atoms with van der Waals surface area (Å²) in [5.74, 6) is 2.34. The van der Waals surface area contributed by atoms with Gasteiger partial charge in [-0.2, -0.15) is 0 Å². The molecule has 5 heteroatoms. The molecule has 0 saturated heterocycles. The lowest BCUT2D eigenvalue weighted by atomic mass is 9.65. The van der Waals surface area contributed by atoms with Crippen LogP contribution in [0, 0.1) is 0 Å². The van der Waals surface area contributed by atoms with Gasteiger partial charge in [0.25, 0.3) is 0 Å². The smallest absolute Gasteiger partial charge is 0.137 e. The molecule has 1 aliphatic heterocycles. The molecular formula is C79H70N4O. The summed E-state index contributed by atoms with van der Waals surface area (Å²) in [6, 6.07) is 89.2. The van der Waals surface area contributed by atoms with Gasteiger partial charge in [0.1, 0.15) is 24.0 Å². The summed E-state index contributed by atoms with van der Waals surface area (Å²) in [5.41, 5.74) is 22.0. The van der Waals surface area contributed by atoms with Crippen LogP contribution in [-0.4, -0.2) is 16.2 Å². The first-order valence-electron chi connectivity index (χ1n) is 29.6. The molecule has 0 radical (unpaired) electrons. The van der Waals surface area contributed by atoms with Gasteiger partial charge < -0.3 is 14.5 Å². The normalized spacial score (nSPS) is 13.8. The van der Waals surface area contributed by atoms with E-state index in [0.717, 1.165) is 56.2 Å². The third-order valence-corrected chi connectivity index (χ3v) is 17.6. The highest BCUT2D eigenvalue weighted by molar-refractivity contribution is 6.09. The fraction of sp³-hybridized carbons (Fsp3) is 0.177. The number of hydrogen-bond acceptors (Lipinski definition) is 4. The molecule has 0 spiro atoms. The fourth-order valence-electron chi connectivity index (χ4n) is 13.3. The first kappa shape index (κ1) is 52.6. The highest BCUT2D eigenvalue weighted by Crippen LogP contribution is 2.58. The zero-order chi connectivity index (χ0) is 57.7. The number of benzene rings is 10.